The predicted octanol–water partition coefficient (Wildman–Crippen LogP) is 1.67. The molecule has 9 nitrogen and oxygen atoms in total. The van der Waals surface area contributed by atoms with Crippen molar-refractivity contribution in [1.29, 1.82) is 0 Å². The first-order valence-corrected chi connectivity index (χ1v) is 11.1. The fourth-order valence-electron chi connectivity index (χ4n) is 3.77. The van der Waals surface area contributed by atoms with Crippen LogP contribution in [-0.4, -0.2) is 58.8 Å². The van der Waals surface area contributed by atoms with Gasteiger partial charge in [0.15, 0.2) is 0 Å². The van der Waals surface area contributed by atoms with Crippen molar-refractivity contribution in [2.24, 2.45) is 5.92 Å². The van der Waals surface area contributed by atoms with Gasteiger partial charge in [0.25, 0.3) is 5.91 Å². The van der Waals surface area contributed by atoms with Gasteiger partial charge in [-0.25, -0.2) is 0 Å². The van der Waals surface area contributed by atoms with Crippen LogP contribution in [0.15, 0.2) is 48.5 Å². The van der Waals surface area contributed by atoms with Crippen molar-refractivity contribution in [2.45, 2.75) is 45.3 Å². The highest BCUT2D eigenvalue weighted by molar-refractivity contribution is 6.07. The molecule has 0 aromatic heterocycles. The lowest BCUT2D eigenvalue weighted by atomic mass is 9.99. The molecule has 9 heteroatoms. The molecular formula is C25H30N4O5. The van der Waals surface area contributed by atoms with Gasteiger partial charge < -0.3 is 26.0 Å². The third kappa shape index (κ3) is 5.54. The van der Waals surface area contributed by atoms with Crippen LogP contribution in [0.5, 0.6) is 5.75 Å². The molecule has 0 aliphatic carbocycles. The number of carbonyl (C=O) groups excluding carboxylic acids is 4. The smallest absolute Gasteiger partial charge is 0.254 e. The molecule has 0 saturated heterocycles. The Kier molecular flexibility index (Phi) is 7.55. The Morgan fingerprint density at radius 2 is 1.59 bits per heavy atom. The minimum atomic E-state index is -0.940. The Labute approximate surface area is 198 Å². The van der Waals surface area contributed by atoms with Crippen LogP contribution in [0.3, 0.4) is 0 Å². The fraction of sp³-hybridized carbons (Fsp3) is 0.360. The summed E-state index contributed by atoms with van der Waals surface area (Å²) in [5, 5.41) is 17.7. The summed E-state index contributed by atoms with van der Waals surface area (Å²) in [5.41, 5.74) is 1.20. The first-order valence-electron chi connectivity index (χ1n) is 11.1. The van der Waals surface area contributed by atoms with Gasteiger partial charge in [0.2, 0.25) is 17.7 Å². The van der Waals surface area contributed by atoms with E-state index in [1.165, 1.54) is 31.0 Å². The van der Waals surface area contributed by atoms with Crippen LogP contribution < -0.4 is 16.0 Å². The van der Waals surface area contributed by atoms with E-state index in [9.17, 15) is 24.3 Å². The molecule has 0 saturated carbocycles. The van der Waals surface area contributed by atoms with Gasteiger partial charge in [0.1, 0.15) is 23.9 Å². The number of fused-ring (bicyclic) bond motifs is 1. The maximum Gasteiger partial charge on any atom is 0.254 e. The molecular weight excluding hydrogens is 436 g/mol. The van der Waals surface area contributed by atoms with Gasteiger partial charge in [-0.1, -0.05) is 38.1 Å². The number of likely N-dealkylation sites (N-methyl/N-ethyl adjacent to an activating group) is 1. The molecule has 1 heterocycles. The van der Waals surface area contributed by atoms with E-state index < -0.39 is 41.8 Å². The first-order chi connectivity index (χ1) is 16.1. The summed E-state index contributed by atoms with van der Waals surface area (Å²) >= 11 is 0. The maximum absolute atomic E-state index is 13.5. The van der Waals surface area contributed by atoms with Crippen LogP contribution in [0.1, 0.15) is 36.7 Å². The number of hydrogen-bond acceptors (Lipinski definition) is 5. The van der Waals surface area contributed by atoms with Gasteiger partial charge in [-0.2, -0.15) is 0 Å². The number of amides is 4. The van der Waals surface area contributed by atoms with Crippen molar-refractivity contribution in [1.82, 2.24) is 15.5 Å². The Morgan fingerprint density at radius 3 is 2.24 bits per heavy atom. The SMILES string of the molecule is CC1NC(=O)c2ccccc2NC(=O)C(Cc2ccc(O)cc2)N(C)C(=O)C(C(C)C)NC1=O. The van der Waals surface area contributed by atoms with E-state index in [1.807, 2.05) is 0 Å². The number of aromatic hydroxyl groups is 1. The summed E-state index contributed by atoms with van der Waals surface area (Å²) in [7, 11) is 1.52. The molecule has 4 amide bonds. The number of nitrogens with zero attached hydrogens (tertiary/aromatic N) is 1. The van der Waals surface area contributed by atoms with Crippen LogP contribution in [0.2, 0.25) is 0 Å². The Hall–Kier alpha value is -3.88. The highest BCUT2D eigenvalue weighted by Crippen LogP contribution is 2.20. The molecule has 180 valence electrons. The molecule has 1 aliphatic heterocycles. The zero-order valence-electron chi connectivity index (χ0n) is 19.7. The van der Waals surface area contributed by atoms with Crippen LogP contribution in [0, 0.1) is 5.92 Å². The van der Waals surface area contributed by atoms with Gasteiger partial charge in [-0.3, -0.25) is 19.2 Å². The number of nitrogens with one attached hydrogen (secondary N) is 3. The zero-order chi connectivity index (χ0) is 25.0. The summed E-state index contributed by atoms with van der Waals surface area (Å²) in [6, 6.07) is 10.1. The summed E-state index contributed by atoms with van der Waals surface area (Å²) in [6.07, 6.45) is 0.165. The minimum absolute atomic E-state index is 0.0872. The van der Waals surface area contributed by atoms with Crippen molar-refractivity contribution < 1.29 is 24.3 Å². The van der Waals surface area contributed by atoms with Crippen LogP contribution in [0.4, 0.5) is 5.69 Å². The number of para-hydroxylation sites is 1. The molecule has 3 rings (SSSR count). The molecule has 0 spiro atoms. The number of rotatable bonds is 3. The van der Waals surface area contributed by atoms with E-state index >= 15 is 0 Å². The molecule has 3 unspecified atom stereocenters. The molecule has 0 bridgehead atoms. The topological polar surface area (TPSA) is 128 Å². The lowest BCUT2D eigenvalue weighted by Crippen LogP contribution is -2.57. The van der Waals surface area contributed by atoms with Crippen molar-refractivity contribution >= 4 is 29.3 Å². The number of phenols is 1. The third-order valence-electron chi connectivity index (χ3n) is 5.88. The average molecular weight is 467 g/mol. The second-order valence-corrected chi connectivity index (χ2v) is 8.80. The lowest BCUT2D eigenvalue weighted by Gasteiger charge is -2.32. The monoisotopic (exact) mass is 466 g/mol. The van der Waals surface area contributed by atoms with Crippen LogP contribution in [-0.2, 0) is 20.8 Å². The van der Waals surface area contributed by atoms with Crippen LogP contribution >= 0.6 is 0 Å². The second kappa shape index (κ2) is 10.4. The summed E-state index contributed by atoms with van der Waals surface area (Å²) in [4.78, 5) is 53.9. The highest BCUT2D eigenvalue weighted by atomic mass is 16.3. The quantitative estimate of drug-likeness (QED) is 0.547. The van der Waals surface area contributed by atoms with Crippen molar-refractivity contribution in [3.63, 3.8) is 0 Å². The van der Waals surface area contributed by atoms with Crippen LogP contribution in [0.25, 0.3) is 0 Å². The van der Waals surface area contributed by atoms with Crippen molar-refractivity contribution in [2.75, 3.05) is 12.4 Å². The molecule has 2 aromatic rings. The molecule has 4 N–H and O–H groups in total. The van der Waals surface area contributed by atoms with Gasteiger partial charge in [0, 0.05) is 13.5 Å². The van der Waals surface area contributed by atoms with E-state index in [2.05, 4.69) is 16.0 Å². The van der Waals surface area contributed by atoms with Gasteiger partial charge in [-0.15, -0.1) is 0 Å². The van der Waals surface area contributed by atoms with E-state index in [4.69, 9.17) is 0 Å². The van der Waals surface area contributed by atoms with Gasteiger partial charge in [0.05, 0.1) is 11.3 Å². The number of phenolic OH excluding ortho intramolecular Hbond substituents is 1. The van der Waals surface area contributed by atoms with Gasteiger partial charge >= 0.3 is 0 Å². The summed E-state index contributed by atoms with van der Waals surface area (Å²) in [5.74, 6) is -2.10. The van der Waals surface area contributed by atoms with E-state index in [0.29, 0.717) is 0 Å². The van der Waals surface area contributed by atoms with Gasteiger partial charge in [-0.05, 0) is 42.7 Å². The molecule has 0 radical (unpaired) electrons. The van der Waals surface area contributed by atoms with E-state index in [0.717, 1.165) is 5.56 Å². The second-order valence-electron chi connectivity index (χ2n) is 8.80. The average Bonchev–Trinajstić information content (AvgIpc) is 2.80. The number of carbonyl (C=O) groups is 4. The third-order valence-corrected chi connectivity index (χ3v) is 5.88. The molecule has 3 atom stereocenters. The largest absolute Gasteiger partial charge is 0.508 e. The predicted molar refractivity (Wildman–Crippen MR) is 127 cm³/mol. The molecule has 1 aliphatic rings. The molecule has 34 heavy (non-hydrogen) atoms. The lowest BCUT2D eigenvalue weighted by molar-refractivity contribution is -0.141. The normalized spacial score (nSPS) is 22.0. The summed E-state index contributed by atoms with van der Waals surface area (Å²) < 4.78 is 0. The first kappa shape index (κ1) is 24.8. The standard InChI is InChI=1S/C25H30N4O5/c1-14(2)21-25(34)29(4)20(13-16-9-11-17(30)12-10-16)24(33)27-19-8-6-5-7-18(19)23(32)26-15(3)22(31)28-21/h5-12,14-15,20-21,30H,13H2,1-4H3,(H,26,32)(H,27,33)(H,28,31). The van der Waals surface area contributed by atoms with E-state index in [-0.39, 0.29) is 29.3 Å². The van der Waals surface area contributed by atoms with Crippen molar-refractivity contribution in [3.8, 4) is 5.75 Å². The Balaban J connectivity index is 2.06. The number of anilines is 1. The van der Waals surface area contributed by atoms with E-state index in [1.54, 1.807) is 50.2 Å². The Bertz CT molecular complexity index is 1080. The minimum Gasteiger partial charge on any atom is -0.508 e. The maximum atomic E-state index is 13.5. The number of benzene rings is 2. The molecule has 0 fully saturated rings. The fourth-order valence-corrected chi connectivity index (χ4v) is 3.77. The molecule has 2 aromatic carbocycles. The summed E-state index contributed by atoms with van der Waals surface area (Å²) in [6.45, 7) is 5.12. The highest BCUT2D eigenvalue weighted by Gasteiger charge is 2.35. The zero-order valence-corrected chi connectivity index (χ0v) is 19.7. The van der Waals surface area contributed by atoms with Crippen molar-refractivity contribution in [3.05, 3.63) is 59.7 Å². The number of hydrogen-bond donors (Lipinski definition) is 4. The Morgan fingerprint density at radius 1 is 0.941 bits per heavy atom.